The summed E-state index contributed by atoms with van der Waals surface area (Å²) in [6.07, 6.45) is 0. The normalized spacial score (nSPS) is 8.27. The molecule has 1 aromatic rings. The summed E-state index contributed by atoms with van der Waals surface area (Å²) in [4.78, 5) is 3.16. The smallest absolute Gasteiger partial charge is 0.198 e. The molecule has 0 amide bonds. The molecule has 0 aliphatic carbocycles. The van der Waals surface area contributed by atoms with Gasteiger partial charge >= 0.3 is 5.69 Å². The molecule has 0 bridgehead atoms. The van der Waals surface area contributed by atoms with E-state index in [-0.39, 0.29) is 11.3 Å². The Hall–Kier alpha value is -1.87. The second-order valence-corrected chi connectivity index (χ2v) is 1.91. The molecule has 0 saturated carbocycles. The number of halogens is 1. The van der Waals surface area contributed by atoms with Gasteiger partial charge in [-0.1, -0.05) is 0 Å². The molecule has 1 rings (SSSR count). The fourth-order valence-corrected chi connectivity index (χ4v) is 0.681. The van der Waals surface area contributed by atoms with Crippen LogP contribution in [-0.2, 0) is 0 Å². The van der Waals surface area contributed by atoms with Gasteiger partial charge in [0.05, 0.1) is 11.6 Å². The highest BCUT2D eigenvalue weighted by atomic mass is 19.1. The van der Waals surface area contributed by atoms with E-state index in [9.17, 15) is 4.39 Å². The predicted octanol–water partition coefficient (Wildman–Crippen LogP) is 2.29. The Labute approximate surface area is 63.3 Å². The third kappa shape index (κ3) is 1.33. The van der Waals surface area contributed by atoms with E-state index in [1.54, 1.807) is 6.07 Å². The number of hydrogen-bond donors (Lipinski definition) is 0. The summed E-state index contributed by atoms with van der Waals surface area (Å²) in [5.74, 6) is -0.577. The first kappa shape index (κ1) is 7.24. The highest BCUT2D eigenvalue weighted by Crippen LogP contribution is 2.17. The maximum absolute atomic E-state index is 12.7. The third-order valence-corrected chi connectivity index (χ3v) is 1.22. The van der Waals surface area contributed by atoms with E-state index in [4.69, 9.17) is 11.8 Å². The molecule has 0 saturated heterocycles. The molecule has 0 atom stereocenters. The number of rotatable bonds is 0. The van der Waals surface area contributed by atoms with E-state index in [1.807, 2.05) is 0 Å². The number of hydrogen-bond acceptors (Lipinski definition) is 1. The van der Waals surface area contributed by atoms with Crippen LogP contribution < -0.4 is 0 Å². The molecule has 52 valence electrons. The molecule has 11 heavy (non-hydrogen) atoms. The second kappa shape index (κ2) is 2.81. The minimum absolute atomic E-state index is 0.0593. The van der Waals surface area contributed by atoms with Gasteiger partial charge in [-0.3, -0.25) is 0 Å². The quantitative estimate of drug-likeness (QED) is 0.553. The van der Waals surface area contributed by atoms with Gasteiger partial charge in [0, 0.05) is 6.07 Å². The minimum atomic E-state index is -0.577. The molecule has 0 heterocycles. The van der Waals surface area contributed by atoms with Gasteiger partial charge in [0.15, 0.2) is 0 Å². The van der Waals surface area contributed by atoms with Crippen LogP contribution in [0.15, 0.2) is 18.2 Å². The van der Waals surface area contributed by atoms with E-state index in [0.29, 0.717) is 0 Å². The van der Waals surface area contributed by atoms with Crippen molar-refractivity contribution >= 4 is 5.69 Å². The van der Waals surface area contributed by atoms with Crippen molar-refractivity contribution < 1.29 is 4.39 Å². The zero-order valence-electron chi connectivity index (χ0n) is 5.58. The van der Waals surface area contributed by atoms with Crippen LogP contribution in [0.25, 0.3) is 4.85 Å². The van der Waals surface area contributed by atoms with Crippen molar-refractivity contribution in [3.05, 3.63) is 34.4 Å². The van der Waals surface area contributed by atoms with Crippen molar-refractivity contribution in [1.82, 2.24) is 0 Å². The number of nitriles is 1. The van der Waals surface area contributed by atoms with Crippen LogP contribution in [-0.4, -0.2) is 0 Å². The first-order chi connectivity index (χ1) is 5.27. The third-order valence-electron chi connectivity index (χ3n) is 1.22. The van der Waals surface area contributed by atoms with Crippen molar-refractivity contribution in [3.63, 3.8) is 0 Å². The van der Waals surface area contributed by atoms with E-state index in [2.05, 4.69) is 4.85 Å². The largest absolute Gasteiger partial charge is 0.375 e. The summed E-state index contributed by atoms with van der Waals surface area (Å²) in [5.41, 5.74) is 0.318. The van der Waals surface area contributed by atoms with E-state index in [1.165, 1.54) is 12.1 Å². The summed E-state index contributed by atoms with van der Waals surface area (Å²) in [5, 5.41) is 8.35. The van der Waals surface area contributed by atoms with Crippen molar-refractivity contribution in [2.75, 3.05) is 0 Å². The van der Waals surface area contributed by atoms with Gasteiger partial charge in [0.2, 0.25) is 5.82 Å². The lowest BCUT2D eigenvalue weighted by Gasteiger charge is -1.84. The molecular formula is C8H4FN2+. The van der Waals surface area contributed by atoms with Gasteiger partial charge in [0.1, 0.15) is 0 Å². The van der Waals surface area contributed by atoms with Crippen molar-refractivity contribution in [3.8, 4) is 12.6 Å². The maximum Gasteiger partial charge on any atom is 0.375 e. The van der Waals surface area contributed by atoms with Gasteiger partial charge < -0.3 is 0 Å². The van der Waals surface area contributed by atoms with Gasteiger partial charge in [-0.2, -0.15) is 9.65 Å². The lowest BCUT2D eigenvalue weighted by Crippen LogP contribution is -1.77. The molecule has 0 aliphatic rings. The van der Waals surface area contributed by atoms with Crippen LogP contribution in [0, 0.1) is 23.7 Å². The van der Waals surface area contributed by atoms with E-state index < -0.39 is 5.82 Å². The van der Waals surface area contributed by atoms with Crippen LogP contribution in [0.1, 0.15) is 5.56 Å². The average Bonchev–Trinajstić information content (AvgIpc) is 2.04. The molecule has 0 aliphatic heterocycles. The van der Waals surface area contributed by atoms with Gasteiger partial charge in [-0.15, -0.1) is 0 Å². The van der Waals surface area contributed by atoms with E-state index in [0.717, 1.165) is 6.07 Å². The summed E-state index contributed by atoms with van der Waals surface area (Å²) in [6, 6.07) is 5.69. The lowest BCUT2D eigenvalue weighted by atomic mass is 10.2. The molecule has 0 radical (unpaired) electrons. The summed E-state index contributed by atoms with van der Waals surface area (Å²) < 4.78 is 12.7. The fourth-order valence-electron chi connectivity index (χ4n) is 0.681. The number of nitrogens with zero attached hydrogens (tertiary/aromatic N) is 2. The number of benzene rings is 1. The van der Waals surface area contributed by atoms with E-state index >= 15 is 0 Å². The Kier molecular flexibility index (Phi) is 1.85. The fraction of sp³-hybridized carbons (Fsp3) is 0. The first-order valence-corrected chi connectivity index (χ1v) is 2.88. The van der Waals surface area contributed by atoms with Crippen LogP contribution in [0.4, 0.5) is 10.1 Å². The minimum Gasteiger partial charge on any atom is -0.198 e. The Bertz CT molecular complexity index is 357. The molecule has 1 aromatic carbocycles. The van der Waals surface area contributed by atoms with Crippen LogP contribution >= 0.6 is 0 Å². The SMILES string of the molecule is C#[N+]c1ccc(C#N)cc1F. The zero-order chi connectivity index (χ0) is 8.27. The zero-order valence-corrected chi connectivity index (χ0v) is 5.58. The van der Waals surface area contributed by atoms with Crippen LogP contribution in [0.3, 0.4) is 0 Å². The Balaban J connectivity index is 3.25. The van der Waals surface area contributed by atoms with Crippen LogP contribution in [0.2, 0.25) is 0 Å². The lowest BCUT2D eigenvalue weighted by molar-refractivity contribution is 0.633. The Morgan fingerprint density at radius 3 is 2.73 bits per heavy atom. The van der Waals surface area contributed by atoms with Crippen molar-refractivity contribution in [1.29, 1.82) is 5.26 Å². The van der Waals surface area contributed by atoms with Gasteiger partial charge in [-0.05, 0) is 17.0 Å². The molecule has 0 N–H and O–H groups in total. The standard InChI is InChI=1S/C8H4FN2/c1-11-8-3-2-6(5-10)4-7(8)9/h1-4H/q+1. The molecule has 0 unspecified atom stereocenters. The monoisotopic (exact) mass is 147 g/mol. The first-order valence-electron chi connectivity index (χ1n) is 2.88. The highest BCUT2D eigenvalue weighted by Gasteiger charge is 2.09. The predicted molar refractivity (Wildman–Crippen MR) is 39.1 cm³/mol. The van der Waals surface area contributed by atoms with Gasteiger partial charge in [-0.25, -0.2) is 0 Å². The Morgan fingerprint density at radius 1 is 1.55 bits per heavy atom. The molecule has 0 spiro atoms. The summed E-state index contributed by atoms with van der Waals surface area (Å²) in [6.45, 7) is 4.84. The van der Waals surface area contributed by atoms with Crippen LogP contribution in [0.5, 0.6) is 0 Å². The average molecular weight is 147 g/mol. The Morgan fingerprint density at radius 2 is 2.27 bits per heavy atom. The van der Waals surface area contributed by atoms with Crippen molar-refractivity contribution in [2.24, 2.45) is 0 Å². The molecule has 3 heteroatoms. The topological polar surface area (TPSA) is 28.1 Å². The maximum atomic E-state index is 12.7. The van der Waals surface area contributed by atoms with Gasteiger partial charge in [0.25, 0.3) is 6.57 Å². The molecule has 2 nitrogen and oxygen atoms in total. The summed E-state index contributed by atoms with van der Waals surface area (Å²) >= 11 is 0. The second-order valence-electron chi connectivity index (χ2n) is 1.91. The molecule has 0 fully saturated rings. The van der Waals surface area contributed by atoms with Crippen molar-refractivity contribution in [2.45, 2.75) is 0 Å². The molecule has 0 aromatic heterocycles. The highest BCUT2D eigenvalue weighted by molar-refractivity contribution is 5.49. The molecular weight excluding hydrogens is 143 g/mol. The summed E-state index contributed by atoms with van der Waals surface area (Å²) in [7, 11) is 0.